The van der Waals surface area contributed by atoms with Gasteiger partial charge in [0.05, 0.1) is 6.61 Å². The van der Waals surface area contributed by atoms with E-state index in [4.69, 9.17) is 0 Å². The van der Waals surface area contributed by atoms with E-state index in [-0.39, 0.29) is 12.5 Å². The summed E-state index contributed by atoms with van der Waals surface area (Å²) in [5.74, 6) is 0.766. The Labute approximate surface area is 143 Å². The maximum Gasteiger partial charge on any atom is 0.222 e. The number of hydrogen-bond donors (Lipinski definition) is 1. The first-order valence-electron chi connectivity index (χ1n) is 8.60. The fourth-order valence-corrected chi connectivity index (χ4v) is 3.37. The quantitative estimate of drug-likeness (QED) is 0.888. The summed E-state index contributed by atoms with van der Waals surface area (Å²) in [4.78, 5) is 18.4. The van der Waals surface area contributed by atoms with Crippen molar-refractivity contribution in [2.24, 2.45) is 5.92 Å². The van der Waals surface area contributed by atoms with Crippen molar-refractivity contribution in [3.63, 3.8) is 0 Å². The smallest absolute Gasteiger partial charge is 0.222 e. The molecule has 24 heavy (non-hydrogen) atoms. The van der Waals surface area contributed by atoms with Crippen LogP contribution >= 0.6 is 0 Å². The Balaban J connectivity index is 1.48. The lowest BCUT2D eigenvalue weighted by molar-refractivity contribution is -0.130. The summed E-state index contributed by atoms with van der Waals surface area (Å²) in [6.07, 6.45) is 6.92. The predicted octanol–water partition coefficient (Wildman–Crippen LogP) is 2.60. The highest BCUT2D eigenvalue weighted by atomic mass is 16.3. The van der Waals surface area contributed by atoms with E-state index in [1.165, 1.54) is 5.56 Å². The van der Waals surface area contributed by atoms with Crippen LogP contribution in [0.3, 0.4) is 0 Å². The summed E-state index contributed by atoms with van der Waals surface area (Å²) in [6, 6.07) is 12.0. The first kappa shape index (κ1) is 16.7. The van der Waals surface area contributed by atoms with Gasteiger partial charge in [-0.1, -0.05) is 24.3 Å². The van der Waals surface area contributed by atoms with Crippen molar-refractivity contribution in [1.82, 2.24) is 9.88 Å². The Hall–Kier alpha value is -2.20. The van der Waals surface area contributed by atoms with E-state index < -0.39 is 0 Å². The number of carbonyl (C=O) groups excluding carboxylic acids is 1. The molecule has 1 aliphatic heterocycles. The molecule has 1 aliphatic rings. The molecule has 1 saturated heterocycles. The van der Waals surface area contributed by atoms with Crippen LogP contribution in [0, 0.1) is 5.92 Å². The highest BCUT2D eigenvalue weighted by Crippen LogP contribution is 2.22. The largest absolute Gasteiger partial charge is 0.392 e. The van der Waals surface area contributed by atoms with E-state index in [1.807, 2.05) is 29.2 Å². The molecular weight excluding hydrogens is 300 g/mol. The van der Waals surface area contributed by atoms with Gasteiger partial charge in [-0.2, -0.15) is 0 Å². The number of nitrogens with zero attached hydrogens (tertiary/aromatic N) is 2. The van der Waals surface area contributed by atoms with Crippen LogP contribution in [0.1, 0.15) is 29.5 Å². The van der Waals surface area contributed by atoms with Gasteiger partial charge in [0.1, 0.15) is 0 Å². The molecule has 0 bridgehead atoms. The monoisotopic (exact) mass is 324 g/mol. The van der Waals surface area contributed by atoms with Crippen LogP contribution in [0.4, 0.5) is 0 Å². The number of hydrogen-bond acceptors (Lipinski definition) is 3. The third kappa shape index (κ3) is 4.42. The molecule has 1 N–H and O–H groups in total. The molecule has 0 spiro atoms. The fourth-order valence-electron chi connectivity index (χ4n) is 3.37. The van der Waals surface area contributed by atoms with Crippen LogP contribution in [-0.4, -0.2) is 34.0 Å². The van der Waals surface area contributed by atoms with E-state index in [1.54, 1.807) is 12.4 Å². The molecule has 4 heteroatoms. The van der Waals surface area contributed by atoms with Crippen molar-refractivity contribution >= 4 is 5.91 Å². The summed E-state index contributed by atoms with van der Waals surface area (Å²) in [5, 5.41) is 9.23. The number of aryl methyl sites for hydroxylation is 1. The summed E-state index contributed by atoms with van der Waals surface area (Å²) < 4.78 is 0. The van der Waals surface area contributed by atoms with E-state index in [2.05, 4.69) is 17.1 Å². The Morgan fingerprint density at radius 2 is 1.96 bits per heavy atom. The normalized spacial score (nSPS) is 17.2. The lowest BCUT2D eigenvalue weighted by Crippen LogP contribution is -2.29. The van der Waals surface area contributed by atoms with Gasteiger partial charge in [0.2, 0.25) is 5.91 Å². The van der Waals surface area contributed by atoms with E-state index in [0.29, 0.717) is 12.3 Å². The van der Waals surface area contributed by atoms with Crippen molar-refractivity contribution in [3.05, 3.63) is 65.5 Å². The van der Waals surface area contributed by atoms with Crippen molar-refractivity contribution in [3.8, 4) is 0 Å². The SMILES string of the molecule is O=C(CCc1ccncc1)N1CC[C@H](Cc2cccc(CO)c2)C1. The Morgan fingerprint density at radius 3 is 2.75 bits per heavy atom. The number of pyridine rings is 1. The molecule has 2 heterocycles. The number of aromatic nitrogens is 1. The minimum absolute atomic E-state index is 0.0815. The first-order valence-corrected chi connectivity index (χ1v) is 8.60. The van der Waals surface area contributed by atoms with Crippen LogP contribution in [0.5, 0.6) is 0 Å². The van der Waals surface area contributed by atoms with E-state index in [0.717, 1.165) is 43.5 Å². The number of rotatable bonds is 6. The zero-order valence-electron chi connectivity index (χ0n) is 13.9. The summed E-state index contributed by atoms with van der Waals surface area (Å²) in [7, 11) is 0. The van der Waals surface area contributed by atoms with Crippen LogP contribution in [0.2, 0.25) is 0 Å². The third-order valence-electron chi connectivity index (χ3n) is 4.71. The van der Waals surface area contributed by atoms with Crippen molar-refractivity contribution in [2.75, 3.05) is 13.1 Å². The molecule has 1 aromatic carbocycles. The molecule has 1 aromatic heterocycles. The summed E-state index contributed by atoms with van der Waals surface area (Å²) >= 11 is 0. The molecule has 0 radical (unpaired) electrons. The van der Waals surface area contributed by atoms with E-state index in [9.17, 15) is 9.90 Å². The number of aliphatic hydroxyl groups excluding tert-OH is 1. The predicted molar refractivity (Wildman–Crippen MR) is 93.3 cm³/mol. The molecule has 1 atom stereocenters. The van der Waals surface area contributed by atoms with Gasteiger partial charge in [0.15, 0.2) is 0 Å². The summed E-state index contributed by atoms with van der Waals surface area (Å²) in [6.45, 7) is 1.79. The molecule has 0 unspecified atom stereocenters. The highest BCUT2D eigenvalue weighted by Gasteiger charge is 2.25. The van der Waals surface area contributed by atoms with Crippen LogP contribution in [0.15, 0.2) is 48.8 Å². The fraction of sp³-hybridized carbons (Fsp3) is 0.400. The maximum absolute atomic E-state index is 12.4. The van der Waals surface area contributed by atoms with E-state index >= 15 is 0 Å². The molecule has 1 amide bonds. The molecular formula is C20H24N2O2. The van der Waals surface area contributed by atoms with Crippen molar-refractivity contribution in [1.29, 1.82) is 0 Å². The maximum atomic E-state index is 12.4. The highest BCUT2D eigenvalue weighted by molar-refractivity contribution is 5.76. The minimum Gasteiger partial charge on any atom is -0.392 e. The zero-order valence-corrected chi connectivity index (χ0v) is 13.9. The zero-order chi connectivity index (χ0) is 16.8. The molecule has 2 aromatic rings. The standard InChI is InChI=1S/C20H24N2O2/c23-15-19-3-1-2-17(13-19)12-18-8-11-22(14-18)20(24)5-4-16-6-9-21-10-7-16/h1-3,6-7,9-10,13,18,23H,4-5,8,11-12,14-15H2/t18-/m1/s1. The van der Waals surface area contributed by atoms with Gasteiger partial charge in [-0.25, -0.2) is 0 Å². The van der Waals surface area contributed by atoms with Gasteiger partial charge >= 0.3 is 0 Å². The number of amides is 1. The molecule has 0 aliphatic carbocycles. The van der Waals surface area contributed by atoms with Gasteiger partial charge in [-0.15, -0.1) is 0 Å². The third-order valence-corrected chi connectivity index (χ3v) is 4.71. The molecule has 126 valence electrons. The van der Waals surface area contributed by atoms with Crippen molar-refractivity contribution in [2.45, 2.75) is 32.3 Å². The summed E-state index contributed by atoms with van der Waals surface area (Å²) in [5.41, 5.74) is 3.36. The second-order valence-corrected chi connectivity index (χ2v) is 6.53. The van der Waals surface area contributed by atoms with Gasteiger partial charge < -0.3 is 10.0 Å². The van der Waals surface area contributed by atoms with Crippen LogP contribution in [-0.2, 0) is 24.2 Å². The first-order chi connectivity index (χ1) is 11.7. The lowest BCUT2D eigenvalue weighted by Gasteiger charge is -2.17. The average Bonchev–Trinajstić information content (AvgIpc) is 3.09. The van der Waals surface area contributed by atoms with Gasteiger partial charge in [0.25, 0.3) is 0 Å². The second-order valence-electron chi connectivity index (χ2n) is 6.53. The second kappa shape index (κ2) is 8.06. The van der Waals surface area contributed by atoms with Crippen LogP contribution in [0.25, 0.3) is 0 Å². The molecule has 4 nitrogen and oxygen atoms in total. The Morgan fingerprint density at radius 1 is 1.17 bits per heavy atom. The number of benzene rings is 1. The minimum atomic E-state index is 0.0815. The number of likely N-dealkylation sites (tertiary alicyclic amines) is 1. The molecule has 0 saturated carbocycles. The van der Waals surface area contributed by atoms with Gasteiger partial charge in [-0.05, 0) is 54.0 Å². The van der Waals surface area contributed by atoms with Gasteiger partial charge in [-0.3, -0.25) is 9.78 Å². The molecule has 3 rings (SSSR count). The van der Waals surface area contributed by atoms with Crippen molar-refractivity contribution < 1.29 is 9.90 Å². The molecule has 1 fully saturated rings. The average molecular weight is 324 g/mol. The van der Waals surface area contributed by atoms with Crippen LogP contribution < -0.4 is 0 Å². The van der Waals surface area contributed by atoms with Gasteiger partial charge in [0, 0.05) is 31.9 Å². The number of carbonyl (C=O) groups is 1. The topological polar surface area (TPSA) is 53.4 Å². The number of aliphatic hydroxyl groups is 1. The Kier molecular flexibility index (Phi) is 5.59. The Bertz CT molecular complexity index is 672. The lowest BCUT2D eigenvalue weighted by atomic mass is 9.97.